The van der Waals surface area contributed by atoms with E-state index in [4.69, 9.17) is 9.47 Å². The second-order valence-corrected chi connectivity index (χ2v) is 7.69. The molecule has 3 heterocycles. The van der Waals surface area contributed by atoms with Gasteiger partial charge in [-0.3, -0.25) is 0 Å². The first-order valence-electron chi connectivity index (χ1n) is 9.40. The fourth-order valence-corrected chi connectivity index (χ4v) is 4.17. The number of rotatable bonds is 8. The Hall–Kier alpha value is -2.80. The standard InChI is InChI=1S/C21H24N4O2S/c1-4-5-8-25(12-14-7-6-9-28-14)21-20-19(22-13-23-21)15-10-17(26-2)18(27-3)11-16(15)24-20/h6-7,9-11,13,24H,4-5,8,12H2,1-3H3. The number of hydrogen-bond acceptors (Lipinski definition) is 6. The lowest BCUT2D eigenvalue weighted by Crippen LogP contribution is -2.24. The van der Waals surface area contributed by atoms with Crippen molar-refractivity contribution in [3.8, 4) is 11.5 Å². The van der Waals surface area contributed by atoms with E-state index in [1.165, 1.54) is 4.88 Å². The molecule has 0 bridgehead atoms. The Balaban J connectivity index is 1.85. The van der Waals surface area contributed by atoms with Crippen molar-refractivity contribution < 1.29 is 9.47 Å². The van der Waals surface area contributed by atoms with E-state index in [2.05, 4.69) is 44.3 Å². The van der Waals surface area contributed by atoms with Crippen molar-refractivity contribution in [2.75, 3.05) is 25.7 Å². The van der Waals surface area contributed by atoms with E-state index in [0.717, 1.165) is 53.7 Å². The van der Waals surface area contributed by atoms with Crippen LogP contribution in [0.4, 0.5) is 5.82 Å². The van der Waals surface area contributed by atoms with Crippen LogP contribution in [0.5, 0.6) is 11.5 Å². The molecule has 0 atom stereocenters. The lowest BCUT2D eigenvalue weighted by Gasteiger charge is -2.23. The van der Waals surface area contributed by atoms with Gasteiger partial charge in [-0.15, -0.1) is 11.3 Å². The first-order valence-corrected chi connectivity index (χ1v) is 10.3. The molecule has 0 aliphatic carbocycles. The lowest BCUT2D eigenvalue weighted by atomic mass is 10.2. The van der Waals surface area contributed by atoms with E-state index in [9.17, 15) is 0 Å². The van der Waals surface area contributed by atoms with Gasteiger partial charge in [-0.2, -0.15) is 0 Å². The number of H-pyrrole nitrogens is 1. The summed E-state index contributed by atoms with van der Waals surface area (Å²) in [5.74, 6) is 2.32. The summed E-state index contributed by atoms with van der Waals surface area (Å²) in [6, 6.07) is 8.19. The van der Waals surface area contributed by atoms with Crippen molar-refractivity contribution in [1.29, 1.82) is 0 Å². The van der Waals surface area contributed by atoms with Crippen molar-refractivity contribution >= 4 is 39.1 Å². The van der Waals surface area contributed by atoms with E-state index in [0.29, 0.717) is 11.5 Å². The molecule has 28 heavy (non-hydrogen) atoms. The Morgan fingerprint density at radius 1 is 1.14 bits per heavy atom. The minimum atomic E-state index is 0.692. The molecule has 3 aromatic heterocycles. The van der Waals surface area contributed by atoms with Crippen LogP contribution in [-0.4, -0.2) is 35.7 Å². The summed E-state index contributed by atoms with van der Waals surface area (Å²) in [6.07, 6.45) is 3.89. The number of nitrogens with one attached hydrogen (secondary N) is 1. The second-order valence-electron chi connectivity index (χ2n) is 6.65. The zero-order chi connectivity index (χ0) is 19.5. The number of aromatic nitrogens is 3. The average Bonchev–Trinajstić information content (AvgIpc) is 3.36. The van der Waals surface area contributed by atoms with E-state index >= 15 is 0 Å². The normalized spacial score (nSPS) is 11.2. The molecule has 4 rings (SSSR count). The number of aromatic amines is 1. The van der Waals surface area contributed by atoms with Gasteiger partial charge in [-0.25, -0.2) is 9.97 Å². The molecule has 146 valence electrons. The highest BCUT2D eigenvalue weighted by molar-refractivity contribution is 7.09. The fraction of sp³-hybridized carbons (Fsp3) is 0.333. The minimum Gasteiger partial charge on any atom is -0.493 e. The van der Waals surface area contributed by atoms with Gasteiger partial charge < -0.3 is 19.4 Å². The Bertz CT molecular complexity index is 1080. The van der Waals surface area contributed by atoms with Crippen LogP contribution in [-0.2, 0) is 6.54 Å². The predicted molar refractivity (Wildman–Crippen MR) is 115 cm³/mol. The summed E-state index contributed by atoms with van der Waals surface area (Å²) in [7, 11) is 3.29. The molecule has 0 aliphatic rings. The third-order valence-electron chi connectivity index (χ3n) is 4.87. The third kappa shape index (κ3) is 3.38. The highest BCUT2D eigenvalue weighted by atomic mass is 32.1. The van der Waals surface area contributed by atoms with Crippen LogP contribution >= 0.6 is 11.3 Å². The van der Waals surface area contributed by atoms with Crippen LogP contribution in [0.1, 0.15) is 24.6 Å². The zero-order valence-electron chi connectivity index (χ0n) is 16.4. The monoisotopic (exact) mass is 396 g/mol. The van der Waals surface area contributed by atoms with Crippen molar-refractivity contribution in [1.82, 2.24) is 15.0 Å². The number of fused-ring (bicyclic) bond motifs is 3. The smallest absolute Gasteiger partial charge is 0.162 e. The number of hydrogen-bond donors (Lipinski definition) is 1. The number of methoxy groups -OCH3 is 2. The van der Waals surface area contributed by atoms with Gasteiger partial charge in [0.15, 0.2) is 17.3 Å². The molecule has 0 radical (unpaired) electrons. The molecule has 1 aromatic carbocycles. The van der Waals surface area contributed by atoms with Crippen molar-refractivity contribution in [2.24, 2.45) is 0 Å². The van der Waals surface area contributed by atoms with Gasteiger partial charge in [-0.1, -0.05) is 19.4 Å². The van der Waals surface area contributed by atoms with Crippen molar-refractivity contribution in [3.05, 3.63) is 40.8 Å². The minimum absolute atomic E-state index is 0.692. The topological polar surface area (TPSA) is 63.3 Å². The molecule has 0 amide bonds. The first-order chi connectivity index (χ1) is 13.7. The Morgan fingerprint density at radius 2 is 1.96 bits per heavy atom. The fourth-order valence-electron chi connectivity index (χ4n) is 3.45. The molecule has 0 unspecified atom stereocenters. The van der Waals surface area contributed by atoms with Gasteiger partial charge in [-0.05, 0) is 23.9 Å². The average molecular weight is 397 g/mol. The van der Waals surface area contributed by atoms with E-state index in [-0.39, 0.29) is 0 Å². The number of benzene rings is 1. The highest BCUT2D eigenvalue weighted by Crippen LogP contribution is 2.37. The van der Waals surface area contributed by atoms with Gasteiger partial charge in [0, 0.05) is 22.9 Å². The summed E-state index contributed by atoms with van der Waals surface area (Å²) < 4.78 is 10.9. The summed E-state index contributed by atoms with van der Waals surface area (Å²) in [5.41, 5.74) is 2.80. The zero-order valence-corrected chi connectivity index (χ0v) is 17.2. The third-order valence-corrected chi connectivity index (χ3v) is 5.73. The van der Waals surface area contributed by atoms with Crippen LogP contribution in [0.15, 0.2) is 36.0 Å². The summed E-state index contributed by atoms with van der Waals surface area (Å²) in [6.45, 7) is 3.99. The number of thiophene rings is 1. The first kappa shape index (κ1) is 18.6. The molecule has 0 spiro atoms. The van der Waals surface area contributed by atoms with Gasteiger partial charge in [0.2, 0.25) is 0 Å². The molecular formula is C21H24N4O2S. The summed E-state index contributed by atoms with van der Waals surface area (Å²) >= 11 is 1.77. The number of ether oxygens (including phenoxy) is 2. The van der Waals surface area contributed by atoms with Gasteiger partial charge in [0.25, 0.3) is 0 Å². The summed E-state index contributed by atoms with van der Waals surface area (Å²) in [4.78, 5) is 16.4. The number of nitrogens with zero attached hydrogens (tertiary/aromatic N) is 3. The molecule has 0 saturated heterocycles. The van der Waals surface area contributed by atoms with Crippen LogP contribution in [0, 0.1) is 0 Å². The molecule has 0 saturated carbocycles. The van der Waals surface area contributed by atoms with Crippen molar-refractivity contribution in [3.63, 3.8) is 0 Å². The van der Waals surface area contributed by atoms with Crippen LogP contribution in [0.25, 0.3) is 21.9 Å². The van der Waals surface area contributed by atoms with Gasteiger partial charge in [0.05, 0.1) is 26.3 Å². The maximum atomic E-state index is 5.47. The molecule has 4 aromatic rings. The number of anilines is 1. The number of unbranched alkanes of at least 4 members (excludes halogenated alkanes) is 1. The van der Waals surface area contributed by atoms with E-state index in [1.807, 2.05) is 12.1 Å². The quantitative estimate of drug-likeness (QED) is 0.454. The predicted octanol–water partition coefficient (Wildman–Crippen LogP) is 5.00. The molecule has 0 aliphatic heterocycles. The second kappa shape index (κ2) is 8.06. The maximum Gasteiger partial charge on any atom is 0.162 e. The van der Waals surface area contributed by atoms with Crippen LogP contribution in [0.2, 0.25) is 0 Å². The Kier molecular flexibility index (Phi) is 5.34. The lowest BCUT2D eigenvalue weighted by molar-refractivity contribution is 0.356. The Labute approximate surface area is 168 Å². The summed E-state index contributed by atoms with van der Waals surface area (Å²) in [5, 5.41) is 3.12. The molecule has 7 heteroatoms. The Morgan fingerprint density at radius 3 is 2.68 bits per heavy atom. The molecule has 1 N–H and O–H groups in total. The SMILES string of the molecule is CCCCN(Cc1cccs1)c1ncnc2c1[nH]c1cc(OC)c(OC)cc12. The van der Waals surface area contributed by atoms with Crippen molar-refractivity contribution in [2.45, 2.75) is 26.3 Å². The van der Waals surface area contributed by atoms with Crippen LogP contribution < -0.4 is 14.4 Å². The van der Waals surface area contributed by atoms with Gasteiger partial charge in [0.1, 0.15) is 17.4 Å². The van der Waals surface area contributed by atoms with E-state index in [1.54, 1.807) is 31.9 Å². The molecule has 0 fully saturated rings. The maximum absolute atomic E-state index is 5.47. The highest BCUT2D eigenvalue weighted by Gasteiger charge is 2.18. The molecule has 6 nitrogen and oxygen atoms in total. The van der Waals surface area contributed by atoms with Crippen LogP contribution in [0.3, 0.4) is 0 Å². The largest absolute Gasteiger partial charge is 0.493 e. The van der Waals surface area contributed by atoms with E-state index < -0.39 is 0 Å². The molecular weight excluding hydrogens is 372 g/mol. The van der Waals surface area contributed by atoms with Gasteiger partial charge >= 0.3 is 0 Å².